The van der Waals surface area contributed by atoms with Crippen LogP contribution in [-0.2, 0) is 16.9 Å². The summed E-state index contributed by atoms with van der Waals surface area (Å²) in [5.41, 5.74) is 1.13. The van der Waals surface area contributed by atoms with Crippen molar-refractivity contribution >= 4 is 9.84 Å². The van der Waals surface area contributed by atoms with Gasteiger partial charge in [-0.05, 0) is 17.7 Å². The summed E-state index contributed by atoms with van der Waals surface area (Å²) in [7, 11) is -1.54. The third kappa shape index (κ3) is 2.41. The first kappa shape index (κ1) is 12.7. The summed E-state index contributed by atoms with van der Waals surface area (Å²) in [5, 5.41) is 17.5. The van der Waals surface area contributed by atoms with E-state index in [9.17, 15) is 13.5 Å². The van der Waals surface area contributed by atoms with Gasteiger partial charge < -0.3 is 5.11 Å². The van der Waals surface area contributed by atoms with E-state index in [-0.39, 0.29) is 4.90 Å². The van der Waals surface area contributed by atoms with Gasteiger partial charge in [0.2, 0.25) is 0 Å². The molecule has 6 nitrogen and oxygen atoms in total. The van der Waals surface area contributed by atoms with Gasteiger partial charge in [0.1, 0.15) is 6.10 Å². The number of nitrogens with zero attached hydrogens (tertiary/aromatic N) is 3. The largest absolute Gasteiger partial charge is 0.382 e. The van der Waals surface area contributed by atoms with Gasteiger partial charge in [-0.25, -0.2) is 13.1 Å². The van der Waals surface area contributed by atoms with Crippen molar-refractivity contribution in [2.75, 3.05) is 6.26 Å². The lowest BCUT2D eigenvalue weighted by molar-refractivity contribution is 0.209. The highest BCUT2D eigenvalue weighted by Crippen LogP contribution is 2.21. The Balaban J connectivity index is 2.33. The van der Waals surface area contributed by atoms with Crippen LogP contribution in [0, 0.1) is 0 Å². The first-order chi connectivity index (χ1) is 8.39. The quantitative estimate of drug-likeness (QED) is 0.864. The van der Waals surface area contributed by atoms with E-state index in [2.05, 4.69) is 10.3 Å². The molecule has 0 amide bonds. The third-order valence-corrected chi connectivity index (χ3v) is 3.78. The number of aryl methyl sites for hydroxylation is 1. The molecule has 0 aliphatic rings. The van der Waals surface area contributed by atoms with E-state index >= 15 is 0 Å². The molecular weight excluding hydrogens is 254 g/mol. The zero-order chi connectivity index (χ0) is 13.3. The van der Waals surface area contributed by atoms with Crippen molar-refractivity contribution in [2.45, 2.75) is 11.0 Å². The second-order valence-corrected chi connectivity index (χ2v) is 6.04. The average molecular weight is 267 g/mol. The van der Waals surface area contributed by atoms with E-state index in [1.165, 1.54) is 23.0 Å². The molecule has 1 atom stereocenters. The second-order valence-electron chi connectivity index (χ2n) is 4.03. The summed E-state index contributed by atoms with van der Waals surface area (Å²) in [6, 6.07) is 6.09. The van der Waals surface area contributed by atoms with Gasteiger partial charge in [0.15, 0.2) is 9.84 Å². The van der Waals surface area contributed by atoms with E-state index in [1.807, 2.05) is 0 Å². The Morgan fingerprint density at radius 2 is 1.89 bits per heavy atom. The molecule has 2 aromatic rings. The van der Waals surface area contributed by atoms with E-state index in [1.54, 1.807) is 19.2 Å². The summed E-state index contributed by atoms with van der Waals surface area (Å²) in [6.45, 7) is 0. The topological polar surface area (TPSA) is 85.1 Å². The minimum absolute atomic E-state index is 0.224. The van der Waals surface area contributed by atoms with Gasteiger partial charge in [0.05, 0.1) is 16.8 Å². The Bertz CT molecular complexity index is 646. The van der Waals surface area contributed by atoms with Gasteiger partial charge in [-0.3, -0.25) is 0 Å². The first-order valence-electron chi connectivity index (χ1n) is 5.22. The molecule has 7 heteroatoms. The van der Waals surface area contributed by atoms with E-state index in [4.69, 9.17) is 0 Å². The predicted octanol–water partition coefficient (Wildman–Crippen LogP) is 0.300. The van der Waals surface area contributed by atoms with Crippen LogP contribution in [0.3, 0.4) is 0 Å². The van der Waals surface area contributed by atoms with Crippen LogP contribution in [0.15, 0.2) is 35.4 Å². The highest BCUT2D eigenvalue weighted by molar-refractivity contribution is 7.90. The third-order valence-electron chi connectivity index (χ3n) is 2.65. The summed E-state index contributed by atoms with van der Waals surface area (Å²) >= 11 is 0. The molecule has 0 aliphatic heterocycles. The lowest BCUT2D eigenvalue weighted by Gasteiger charge is -2.10. The van der Waals surface area contributed by atoms with Gasteiger partial charge in [-0.15, -0.1) is 5.10 Å². The average Bonchev–Trinajstić information content (AvgIpc) is 2.73. The number of hydrogen-bond acceptors (Lipinski definition) is 5. The van der Waals surface area contributed by atoms with Crippen LogP contribution < -0.4 is 0 Å². The van der Waals surface area contributed by atoms with Crippen molar-refractivity contribution < 1.29 is 13.5 Å². The van der Waals surface area contributed by atoms with Gasteiger partial charge in [-0.2, -0.15) is 0 Å². The Kier molecular flexibility index (Phi) is 3.18. The SMILES string of the molecule is Cn1nncc1C(O)c1ccc(S(C)(=O)=O)cc1. The highest BCUT2D eigenvalue weighted by Gasteiger charge is 2.15. The van der Waals surface area contributed by atoms with Crippen LogP contribution in [0.4, 0.5) is 0 Å². The maximum absolute atomic E-state index is 11.3. The molecule has 18 heavy (non-hydrogen) atoms. The zero-order valence-electron chi connectivity index (χ0n) is 9.98. The monoisotopic (exact) mass is 267 g/mol. The van der Waals surface area contributed by atoms with Gasteiger partial charge in [0.25, 0.3) is 0 Å². The van der Waals surface area contributed by atoms with Crippen molar-refractivity contribution in [1.29, 1.82) is 0 Å². The second kappa shape index (κ2) is 4.51. The molecule has 96 valence electrons. The molecule has 0 aliphatic carbocycles. The number of sulfone groups is 1. The fourth-order valence-corrected chi connectivity index (χ4v) is 2.24. The Morgan fingerprint density at radius 3 is 2.33 bits per heavy atom. The van der Waals surface area contributed by atoms with E-state index < -0.39 is 15.9 Å². The molecule has 1 unspecified atom stereocenters. The van der Waals surface area contributed by atoms with Crippen LogP contribution in [-0.4, -0.2) is 34.8 Å². The minimum atomic E-state index is -3.22. The number of benzene rings is 1. The van der Waals surface area contributed by atoms with Crippen molar-refractivity contribution in [2.24, 2.45) is 7.05 Å². The number of aliphatic hydroxyl groups excluding tert-OH is 1. The van der Waals surface area contributed by atoms with Crippen molar-refractivity contribution in [3.05, 3.63) is 41.7 Å². The lowest BCUT2D eigenvalue weighted by atomic mass is 10.1. The van der Waals surface area contributed by atoms with Gasteiger partial charge in [0, 0.05) is 13.3 Å². The molecule has 0 radical (unpaired) electrons. The number of aliphatic hydroxyl groups is 1. The fraction of sp³-hybridized carbons (Fsp3) is 0.273. The number of aromatic nitrogens is 3. The molecule has 0 saturated carbocycles. The van der Waals surface area contributed by atoms with Crippen LogP contribution in [0.25, 0.3) is 0 Å². The minimum Gasteiger partial charge on any atom is -0.382 e. The Labute approximate surface area is 105 Å². The van der Waals surface area contributed by atoms with Crippen molar-refractivity contribution in [1.82, 2.24) is 15.0 Å². The van der Waals surface area contributed by atoms with Gasteiger partial charge in [-0.1, -0.05) is 17.3 Å². The van der Waals surface area contributed by atoms with Crippen molar-refractivity contribution in [3.8, 4) is 0 Å². The van der Waals surface area contributed by atoms with Gasteiger partial charge >= 0.3 is 0 Å². The zero-order valence-corrected chi connectivity index (χ0v) is 10.8. The molecule has 0 fully saturated rings. The molecule has 1 aromatic heterocycles. The molecule has 2 rings (SSSR count). The normalized spacial score (nSPS) is 13.5. The van der Waals surface area contributed by atoms with E-state index in [0.717, 1.165) is 6.26 Å². The smallest absolute Gasteiger partial charge is 0.175 e. The maximum Gasteiger partial charge on any atom is 0.175 e. The molecule has 1 heterocycles. The Morgan fingerprint density at radius 1 is 1.28 bits per heavy atom. The van der Waals surface area contributed by atoms with Crippen LogP contribution in [0.1, 0.15) is 17.4 Å². The first-order valence-corrected chi connectivity index (χ1v) is 7.11. The standard InChI is InChI=1S/C11H13N3O3S/c1-14-10(7-12-13-14)11(15)8-3-5-9(6-4-8)18(2,16)17/h3-7,11,15H,1-2H3. The Hall–Kier alpha value is -1.73. The predicted molar refractivity (Wildman–Crippen MR) is 64.6 cm³/mol. The lowest BCUT2D eigenvalue weighted by Crippen LogP contribution is -2.07. The van der Waals surface area contributed by atoms with Crippen LogP contribution in [0.5, 0.6) is 0 Å². The summed E-state index contributed by atoms with van der Waals surface area (Å²) < 4.78 is 24.1. The summed E-state index contributed by atoms with van der Waals surface area (Å²) in [5.74, 6) is 0. The number of hydrogen-bond donors (Lipinski definition) is 1. The maximum atomic E-state index is 11.3. The molecule has 1 N–H and O–H groups in total. The van der Waals surface area contributed by atoms with E-state index in [0.29, 0.717) is 11.3 Å². The highest BCUT2D eigenvalue weighted by atomic mass is 32.2. The molecule has 1 aromatic carbocycles. The molecule has 0 spiro atoms. The van der Waals surface area contributed by atoms with Crippen molar-refractivity contribution in [3.63, 3.8) is 0 Å². The molecule has 0 bridgehead atoms. The molecular formula is C11H13N3O3S. The van der Waals surface area contributed by atoms with Crippen LogP contribution in [0.2, 0.25) is 0 Å². The fourth-order valence-electron chi connectivity index (χ4n) is 1.61. The summed E-state index contributed by atoms with van der Waals surface area (Å²) in [6.07, 6.45) is 1.73. The number of rotatable bonds is 3. The summed E-state index contributed by atoms with van der Waals surface area (Å²) in [4.78, 5) is 0.224. The molecule has 0 saturated heterocycles. The van der Waals surface area contributed by atoms with Crippen LogP contribution >= 0.6 is 0 Å².